The molecule has 116 valence electrons. The number of amides is 2. The number of imide groups is 1. The molecule has 0 unspecified atom stereocenters. The highest BCUT2D eigenvalue weighted by Gasteiger charge is 2.34. The van der Waals surface area contributed by atoms with Crippen molar-refractivity contribution >= 4 is 29.0 Å². The summed E-state index contributed by atoms with van der Waals surface area (Å²) in [5.41, 5.74) is 0.790. The first-order valence-corrected chi connectivity index (χ1v) is 7.89. The van der Waals surface area contributed by atoms with Crippen molar-refractivity contribution in [3.05, 3.63) is 65.3 Å². The van der Waals surface area contributed by atoms with Crippen molar-refractivity contribution < 1.29 is 14.3 Å². The second-order valence-corrected chi connectivity index (χ2v) is 5.77. The van der Waals surface area contributed by atoms with Crippen LogP contribution in [-0.4, -0.2) is 34.2 Å². The van der Waals surface area contributed by atoms with Crippen LogP contribution in [0.15, 0.2) is 59.8 Å². The molecular formula is C17H14N2O3S. The fourth-order valence-corrected chi connectivity index (χ4v) is 2.94. The Morgan fingerprint density at radius 1 is 1.13 bits per heavy atom. The van der Waals surface area contributed by atoms with Crippen molar-refractivity contribution in [3.8, 4) is 5.75 Å². The predicted molar refractivity (Wildman–Crippen MR) is 88.9 cm³/mol. The van der Waals surface area contributed by atoms with Crippen LogP contribution in [0.1, 0.15) is 5.56 Å². The lowest BCUT2D eigenvalue weighted by Crippen LogP contribution is -2.32. The van der Waals surface area contributed by atoms with E-state index in [9.17, 15) is 9.59 Å². The normalized spacial score (nSPS) is 16.2. The third kappa shape index (κ3) is 3.78. The average molecular weight is 326 g/mol. The summed E-state index contributed by atoms with van der Waals surface area (Å²) in [6, 6.07) is 12.9. The summed E-state index contributed by atoms with van der Waals surface area (Å²) in [6.45, 7) is 0.492. The first-order chi connectivity index (χ1) is 11.2. The van der Waals surface area contributed by atoms with E-state index >= 15 is 0 Å². The smallest absolute Gasteiger partial charge is 0.293 e. The van der Waals surface area contributed by atoms with Gasteiger partial charge < -0.3 is 4.74 Å². The van der Waals surface area contributed by atoms with Gasteiger partial charge >= 0.3 is 0 Å². The number of benzene rings is 1. The number of hydrogen-bond donors (Lipinski definition) is 0. The maximum Gasteiger partial charge on any atom is 0.293 e. The Kier molecular flexibility index (Phi) is 4.73. The zero-order chi connectivity index (χ0) is 16.1. The minimum Gasteiger partial charge on any atom is -0.492 e. The van der Waals surface area contributed by atoms with Gasteiger partial charge in [0.05, 0.1) is 11.4 Å². The van der Waals surface area contributed by atoms with Gasteiger partial charge in [0, 0.05) is 12.4 Å². The molecule has 0 atom stereocenters. The lowest BCUT2D eigenvalue weighted by Gasteiger charge is -2.13. The van der Waals surface area contributed by atoms with E-state index in [1.54, 1.807) is 24.5 Å². The summed E-state index contributed by atoms with van der Waals surface area (Å²) in [4.78, 5) is 29.9. The van der Waals surface area contributed by atoms with Crippen molar-refractivity contribution in [2.75, 3.05) is 13.2 Å². The monoisotopic (exact) mass is 326 g/mol. The molecule has 6 heteroatoms. The molecule has 1 aliphatic rings. The summed E-state index contributed by atoms with van der Waals surface area (Å²) >= 11 is 0.938. The number of ether oxygens (including phenoxy) is 1. The minimum absolute atomic E-state index is 0.226. The fraction of sp³-hybridized carbons (Fsp3) is 0.118. The van der Waals surface area contributed by atoms with Crippen LogP contribution in [0.3, 0.4) is 0 Å². The number of aromatic nitrogens is 1. The van der Waals surface area contributed by atoms with E-state index in [4.69, 9.17) is 4.74 Å². The number of thioether (sulfide) groups is 1. The molecule has 0 N–H and O–H groups in total. The van der Waals surface area contributed by atoms with E-state index in [1.807, 2.05) is 36.4 Å². The van der Waals surface area contributed by atoms with Crippen LogP contribution in [0.4, 0.5) is 4.79 Å². The van der Waals surface area contributed by atoms with Crippen LogP contribution in [0, 0.1) is 0 Å². The van der Waals surface area contributed by atoms with Crippen LogP contribution in [0.2, 0.25) is 0 Å². The number of para-hydroxylation sites is 1. The SMILES string of the molecule is O=C1SC(=Cc2cccnc2)C(=O)N1CCOc1ccccc1. The molecule has 2 heterocycles. The van der Waals surface area contributed by atoms with Crippen LogP contribution in [0.25, 0.3) is 6.08 Å². The molecule has 0 bridgehead atoms. The number of hydrogen-bond acceptors (Lipinski definition) is 5. The molecule has 2 aromatic rings. The number of carbonyl (C=O) groups is 2. The molecule has 5 nitrogen and oxygen atoms in total. The standard InChI is InChI=1S/C17H14N2O3S/c20-16-15(11-13-5-4-8-18-12-13)23-17(21)19(16)9-10-22-14-6-2-1-3-7-14/h1-8,11-12H,9-10H2. The molecule has 1 aliphatic heterocycles. The van der Waals surface area contributed by atoms with Crippen molar-refractivity contribution in [1.29, 1.82) is 0 Å². The van der Waals surface area contributed by atoms with E-state index in [1.165, 1.54) is 4.90 Å². The summed E-state index contributed by atoms with van der Waals surface area (Å²) in [5, 5.41) is -0.276. The Hall–Kier alpha value is -2.60. The Morgan fingerprint density at radius 3 is 2.70 bits per heavy atom. The zero-order valence-electron chi connectivity index (χ0n) is 12.2. The van der Waals surface area contributed by atoms with Gasteiger partial charge in [0.2, 0.25) is 0 Å². The lowest BCUT2D eigenvalue weighted by atomic mass is 10.2. The number of carbonyl (C=O) groups excluding carboxylic acids is 2. The molecule has 0 radical (unpaired) electrons. The molecule has 1 aromatic carbocycles. The second-order valence-electron chi connectivity index (χ2n) is 4.78. The molecule has 23 heavy (non-hydrogen) atoms. The molecular weight excluding hydrogens is 312 g/mol. The summed E-state index contributed by atoms with van der Waals surface area (Å²) in [7, 11) is 0. The van der Waals surface area contributed by atoms with Gasteiger partial charge in [-0.1, -0.05) is 24.3 Å². The maximum absolute atomic E-state index is 12.3. The molecule has 0 spiro atoms. The van der Waals surface area contributed by atoms with Gasteiger partial charge in [-0.05, 0) is 41.6 Å². The van der Waals surface area contributed by atoms with Gasteiger partial charge in [0.15, 0.2) is 0 Å². The lowest BCUT2D eigenvalue weighted by molar-refractivity contribution is -0.123. The zero-order valence-corrected chi connectivity index (χ0v) is 13.0. The number of pyridine rings is 1. The first-order valence-electron chi connectivity index (χ1n) is 7.07. The average Bonchev–Trinajstić information content (AvgIpc) is 2.84. The molecule has 2 amide bonds. The maximum atomic E-state index is 12.3. The van der Waals surface area contributed by atoms with E-state index in [-0.39, 0.29) is 24.3 Å². The quantitative estimate of drug-likeness (QED) is 0.790. The Balaban J connectivity index is 1.62. The highest BCUT2D eigenvalue weighted by molar-refractivity contribution is 8.18. The second kappa shape index (κ2) is 7.11. The summed E-state index contributed by atoms with van der Waals surface area (Å²) in [6.07, 6.45) is 4.98. The van der Waals surface area contributed by atoms with Crippen molar-refractivity contribution in [1.82, 2.24) is 9.88 Å². The largest absolute Gasteiger partial charge is 0.492 e. The van der Waals surface area contributed by atoms with Gasteiger partial charge in [-0.2, -0.15) is 0 Å². The molecule has 0 saturated carbocycles. The minimum atomic E-state index is -0.291. The molecule has 0 aliphatic carbocycles. The van der Waals surface area contributed by atoms with Gasteiger partial charge in [-0.25, -0.2) is 0 Å². The number of nitrogens with zero attached hydrogens (tertiary/aromatic N) is 2. The van der Waals surface area contributed by atoms with E-state index < -0.39 is 0 Å². The fourth-order valence-electron chi connectivity index (χ4n) is 2.08. The molecule has 1 fully saturated rings. The van der Waals surface area contributed by atoms with Crippen molar-refractivity contribution in [2.45, 2.75) is 0 Å². The topological polar surface area (TPSA) is 59.5 Å². The highest BCUT2D eigenvalue weighted by Crippen LogP contribution is 2.31. The van der Waals surface area contributed by atoms with Crippen molar-refractivity contribution in [3.63, 3.8) is 0 Å². The van der Waals surface area contributed by atoms with Gasteiger partial charge in [0.1, 0.15) is 12.4 Å². The summed E-state index contributed by atoms with van der Waals surface area (Å²) in [5.74, 6) is 0.422. The van der Waals surface area contributed by atoms with E-state index in [0.29, 0.717) is 10.7 Å². The molecule has 1 aromatic heterocycles. The van der Waals surface area contributed by atoms with Crippen molar-refractivity contribution in [2.24, 2.45) is 0 Å². The number of rotatable bonds is 5. The Labute approximate surface area is 138 Å². The molecule has 1 saturated heterocycles. The Bertz CT molecular complexity index is 732. The van der Waals surface area contributed by atoms with Crippen LogP contribution in [-0.2, 0) is 4.79 Å². The van der Waals surface area contributed by atoms with E-state index in [2.05, 4.69) is 4.98 Å². The highest BCUT2D eigenvalue weighted by atomic mass is 32.2. The summed E-state index contributed by atoms with van der Waals surface area (Å²) < 4.78 is 5.53. The van der Waals surface area contributed by atoms with Crippen LogP contribution >= 0.6 is 11.8 Å². The van der Waals surface area contributed by atoms with Crippen LogP contribution in [0.5, 0.6) is 5.75 Å². The third-order valence-electron chi connectivity index (χ3n) is 3.18. The third-order valence-corrected chi connectivity index (χ3v) is 4.09. The van der Waals surface area contributed by atoms with Gasteiger partial charge in [0.25, 0.3) is 11.1 Å². The van der Waals surface area contributed by atoms with Gasteiger partial charge in [-0.15, -0.1) is 0 Å². The first kappa shape index (κ1) is 15.3. The van der Waals surface area contributed by atoms with Gasteiger partial charge in [-0.3, -0.25) is 19.5 Å². The van der Waals surface area contributed by atoms with Crippen LogP contribution < -0.4 is 4.74 Å². The Morgan fingerprint density at radius 2 is 1.96 bits per heavy atom. The van der Waals surface area contributed by atoms with E-state index in [0.717, 1.165) is 17.3 Å². The predicted octanol–water partition coefficient (Wildman–Crippen LogP) is 3.20. The molecule has 3 rings (SSSR count).